The van der Waals surface area contributed by atoms with E-state index in [-0.39, 0.29) is 17.6 Å². The zero-order valence-electron chi connectivity index (χ0n) is 11.0. The molecule has 0 aliphatic carbocycles. The fourth-order valence-corrected chi connectivity index (χ4v) is 2.70. The summed E-state index contributed by atoms with van der Waals surface area (Å²) in [5.41, 5.74) is 2.31. The van der Waals surface area contributed by atoms with Crippen LogP contribution in [0.4, 0.5) is 9.52 Å². The first-order valence-electron chi connectivity index (χ1n) is 6.17. The molecule has 0 N–H and O–H groups in total. The molecule has 2 heterocycles. The number of amides is 1. The lowest BCUT2D eigenvalue weighted by atomic mass is 10.1. The molecule has 1 aromatic heterocycles. The quantitative estimate of drug-likeness (QED) is 0.851. The van der Waals surface area contributed by atoms with Gasteiger partial charge in [-0.2, -0.15) is 10.1 Å². The van der Waals surface area contributed by atoms with Crippen molar-refractivity contribution in [1.29, 1.82) is 0 Å². The number of carbonyl (C=O) groups is 1. The largest absolute Gasteiger partial charge is 0.272 e. The molecule has 20 heavy (non-hydrogen) atoms. The first-order chi connectivity index (χ1) is 9.56. The Morgan fingerprint density at radius 2 is 2.00 bits per heavy atom. The zero-order valence-corrected chi connectivity index (χ0v) is 11.8. The van der Waals surface area contributed by atoms with Gasteiger partial charge >= 0.3 is 0 Å². The summed E-state index contributed by atoms with van der Waals surface area (Å²) in [6.07, 6.45) is 0. The van der Waals surface area contributed by atoms with Crippen LogP contribution in [0.1, 0.15) is 13.8 Å². The molecule has 6 heteroatoms. The fraction of sp³-hybridized carbons (Fsp3) is 0.214. The van der Waals surface area contributed by atoms with E-state index in [2.05, 4.69) is 10.1 Å². The molecule has 0 bridgehead atoms. The molecule has 1 unspecified atom stereocenters. The molecule has 0 saturated heterocycles. The molecule has 2 aromatic rings. The average Bonchev–Trinajstić information content (AvgIpc) is 3.01. The highest BCUT2D eigenvalue weighted by molar-refractivity contribution is 7.14. The van der Waals surface area contributed by atoms with Crippen LogP contribution in [0.5, 0.6) is 0 Å². The van der Waals surface area contributed by atoms with Crippen LogP contribution >= 0.6 is 11.3 Å². The Bertz CT molecular complexity index is 693. The van der Waals surface area contributed by atoms with Gasteiger partial charge in [-0.25, -0.2) is 9.37 Å². The number of hydrogen-bond acceptors (Lipinski definition) is 4. The standard InChI is InChI=1S/C14H12FN3OS/c1-8-9(2)17-18(13(8)19)14-16-12(7-20-14)10-3-5-11(15)6-4-10/h3-8H,1-2H3. The van der Waals surface area contributed by atoms with Crippen molar-refractivity contribution in [2.75, 3.05) is 5.01 Å². The second kappa shape index (κ2) is 4.79. The Kier molecular flexibility index (Phi) is 3.10. The second-order valence-electron chi connectivity index (χ2n) is 4.64. The summed E-state index contributed by atoms with van der Waals surface area (Å²) in [5.74, 6) is -0.552. The maximum Gasteiger partial charge on any atom is 0.258 e. The monoisotopic (exact) mass is 289 g/mol. The van der Waals surface area contributed by atoms with Crippen LogP contribution in [0.2, 0.25) is 0 Å². The van der Waals surface area contributed by atoms with Gasteiger partial charge in [0.25, 0.3) is 5.91 Å². The van der Waals surface area contributed by atoms with Crippen LogP contribution in [0.25, 0.3) is 11.3 Å². The lowest BCUT2D eigenvalue weighted by Crippen LogP contribution is -2.24. The van der Waals surface area contributed by atoms with Crippen molar-refractivity contribution < 1.29 is 9.18 Å². The summed E-state index contributed by atoms with van der Waals surface area (Å²) in [6, 6.07) is 6.10. The van der Waals surface area contributed by atoms with E-state index < -0.39 is 0 Å². The normalized spacial score (nSPS) is 18.6. The molecule has 1 aromatic carbocycles. The summed E-state index contributed by atoms with van der Waals surface area (Å²) in [5, 5.41) is 7.95. The van der Waals surface area contributed by atoms with Crippen molar-refractivity contribution in [3.8, 4) is 11.3 Å². The molecule has 0 spiro atoms. The number of benzene rings is 1. The number of hydrazone groups is 1. The highest BCUT2D eigenvalue weighted by Gasteiger charge is 2.32. The van der Waals surface area contributed by atoms with Crippen LogP contribution in [-0.4, -0.2) is 16.6 Å². The van der Waals surface area contributed by atoms with E-state index in [4.69, 9.17) is 0 Å². The van der Waals surface area contributed by atoms with Crippen molar-refractivity contribution >= 4 is 28.1 Å². The van der Waals surface area contributed by atoms with E-state index >= 15 is 0 Å². The van der Waals surface area contributed by atoms with E-state index in [1.807, 2.05) is 19.2 Å². The summed E-state index contributed by atoms with van der Waals surface area (Å²) in [6.45, 7) is 3.66. The number of hydrogen-bond donors (Lipinski definition) is 0. The number of carbonyl (C=O) groups excluding carboxylic acids is 1. The van der Waals surface area contributed by atoms with Crippen LogP contribution in [0, 0.1) is 11.7 Å². The van der Waals surface area contributed by atoms with E-state index in [9.17, 15) is 9.18 Å². The topological polar surface area (TPSA) is 45.6 Å². The number of nitrogens with zero attached hydrogens (tertiary/aromatic N) is 3. The van der Waals surface area contributed by atoms with Crippen molar-refractivity contribution in [3.05, 3.63) is 35.5 Å². The number of aromatic nitrogens is 1. The number of rotatable bonds is 2. The maximum absolute atomic E-state index is 12.9. The Morgan fingerprint density at radius 1 is 1.30 bits per heavy atom. The van der Waals surface area contributed by atoms with Crippen molar-refractivity contribution in [2.24, 2.45) is 11.0 Å². The van der Waals surface area contributed by atoms with E-state index in [1.165, 1.54) is 28.5 Å². The third-order valence-corrected chi connectivity index (χ3v) is 4.09. The van der Waals surface area contributed by atoms with Gasteiger partial charge in [0.05, 0.1) is 11.6 Å². The molecule has 1 atom stereocenters. The SMILES string of the molecule is CC1=NN(c2nc(-c3ccc(F)cc3)cs2)C(=O)C1C. The molecule has 0 radical (unpaired) electrons. The highest BCUT2D eigenvalue weighted by atomic mass is 32.1. The minimum Gasteiger partial charge on any atom is -0.272 e. The van der Waals surface area contributed by atoms with Crippen LogP contribution < -0.4 is 5.01 Å². The summed E-state index contributed by atoms with van der Waals surface area (Å²) < 4.78 is 12.9. The zero-order chi connectivity index (χ0) is 14.3. The lowest BCUT2D eigenvalue weighted by molar-refractivity contribution is -0.119. The van der Waals surface area contributed by atoms with Gasteiger partial charge in [0.1, 0.15) is 5.82 Å². The molecule has 0 fully saturated rings. The predicted molar refractivity (Wildman–Crippen MR) is 77.3 cm³/mol. The molecule has 1 aliphatic heterocycles. The maximum atomic E-state index is 12.9. The van der Waals surface area contributed by atoms with Gasteiger partial charge in [-0.15, -0.1) is 11.3 Å². The van der Waals surface area contributed by atoms with Gasteiger partial charge in [-0.05, 0) is 38.1 Å². The van der Waals surface area contributed by atoms with Crippen molar-refractivity contribution in [2.45, 2.75) is 13.8 Å². The Balaban J connectivity index is 1.91. The number of halogens is 1. The van der Waals surface area contributed by atoms with Gasteiger partial charge in [0.2, 0.25) is 5.13 Å². The number of anilines is 1. The smallest absolute Gasteiger partial charge is 0.258 e. The Hall–Kier alpha value is -2.08. The second-order valence-corrected chi connectivity index (χ2v) is 5.47. The summed E-state index contributed by atoms with van der Waals surface area (Å²) in [7, 11) is 0. The van der Waals surface area contributed by atoms with E-state index in [0.717, 1.165) is 11.3 Å². The molecule has 3 rings (SSSR count). The molecule has 102 valence electrons. The highest BCUT2D eigenvalue weighted by Crippen LogP contribution is 2.30. The van der Waals surface area contributed by atoms with Crippen LogP contribution in [0.3, 0.4) is 0 Å². The average molecular weight is 289 g/mol. The molecular weight excluding hydrogens is 277 g/mol. The van der Waals surface area contributed by atoms with Gasteiger partial charge in [0, 0.05) is 16.7 Å². The van der Waals surface area contributed by atoms with Crippen molar-refractivity contribution in [3.63, 3.8) is 0 Å². The van der Waals surface area contributed by atoms with Crippen LogP contribution in [-0.2, 0) is 4.79 Å². The minimum absolute atomic E-state index is 0.0671. The first-order valence-corrected chi connectivity index (χ1v) is 7.05. The molecule has 0 saturated carbocycles. The van der Waals surface area contributed by atoms with E-state index in [1.54, 1.807) is 12.1 Å². The Labute approximate surface area is 119 Å². The fourth-order valence-electron chi connectivity index (χ4n) is 1.91. The minimum atomic E-state index is -0.284. The molecular formula is C14H12FN3OS. The van der Waals surface area contributed by atoms with Gasteiger partial charge in [-0.1, -0.05) is 0 Å². The lowest BCUT2D eigenvalue weighted by Gasteiger charge is -2.07. The molecule has 4 nitrogen and oxygen atoms in total. The van der Waals surface area contributed by atoms with Gasteiger partial charge < -0.3 is 0 Å². The van der Waals surface area contributed by atoms with Crippen molar-refractivity contribution in [1.82, 2.24) is 4.98 Å². The number of thiazole rings is 1. The third-order valence-electron chi connectivity index (χ3n) is 3.28. The molecule has 1 aliphatic rings. The predicted octanol–water partition coefficient (Wildman–Crippen LogP) is 3.31. The molecule has 1 amide bonds. The van der Waals surface area contributed by atoms with Gasteiger partial charge in [-0.3, -0.25) is 4.79 Å². The van der Waals surface area contributed by atoms with Crippen LogP contribution in [0.15, 0.2) is 34.7 Å². The summed E-state index contributed by atoms with van der Waals surface area (Å²) in [4.78, 5) is 16.4. The Morgan fingerprint density at radius 3 is 2.60 bits per heavy atom. The summed E-state index contributed by atoms with van der Waals surface area (Å²) >= 11 is 1.35. The first kappa shape index (κ1) is 12.9. The van der Waals surface area contributed by atoms with Gasteiger partial charge in [0.15, 0.2) is 0 Å². The third kappa shape index (κ3) is 2.12. The van der Waals surface area contributed by atoms with E-state index in [0.29, 0.717) is 10.8 Å².